The third kappa shape index (κ3) is 2.16. The van der Waals surface area contributed by atoms with Gasteiger partial charge in [-0.05, 0) is 12.1 Å². The predicted molar refractivity (Wildman–Crippen MR) is 56.6 cm³/mol. The molecule has 18 heavy (non-hydrogen) atoms. The molecule has 10 heteroatoms. The van der Waals surface area contributed by atoms with Crippen molar-refractivity contribution >= 4 is 27.3 Å². The number of hydrogen-bond donors (Lipinski definition) is 1. The molecule has 0 aliphatic heterocycles. The first kappa shape index (κ1) is 13.1. The van der Waals surface area contributed by atoms with Crippen LogP contribution in [0.2, 0.25) is 5.15 Å². The topological polar surface area (TPSA) is 77.5 Å². The second-order valence-corrected chi connectivity index (χ2v) is 5.23. The smallest absolute Gasteiger partial charge is 0.287 e. The fourth-order valence-corrected chi connectivity index (χ4v) is 2.62. The molecular formula is C8H5ClF3N3O2S. The lowest BCUT2D eigenvalue weighted by Gasteiger charge is -2.07. The van der Waals surface area contributed by atoms with Crippen LogP contribution in [-0.4, -0.2) is 17.8 Å². The van der Waals surface area contributed by atoms with Crippen molar-refractivity contribution in [3.8, 4) is 0 Å². The highest BCUT2D eigenvalue weighted by atomic mass is 35.5. The van der Waals surface area contributed by atoms with E-state index in [1.807, 2.05) is 0 Å². The zero-order valence-electron chi connectivity index (χ0n) is 8.44. The van der Waals surface area contributed by atoms with Gasteiger partial charge in [0.05, 0.1) is 5.56 Å². The molecule has 0 saturated heterocycles. The second-order valence-electron chi connectivity index (χ2n) is 3.40. The van der Waals surface area contributed by atoms with Gasteiger partial charge in [-0.1, -0.05) is 11.6 Å². The van der Waals surface area contributed by atoms with Crippen LogP contribution in [0.1, 0.15) is 5.56 Å². The van der Waals surface area contributed by atoms with Gasteiger partial charge in [-0.25, -0.2) is 18.5 Å². The summed E-state index contributed by atoms with van der Waals surface area (Å²) < 4.78 is 60.7. The highest BCUT2D eigenvalue weighted by Crippen LogP contribution is 2.31. The Morgan fingerprint density at radius 3 is 2.44 bits per heavy atom. The van der Waals surface area contributed by atoms with Gasteiger partial charge in [0, 0.05) is 6.20 Å². The van der Waals surface area contributed by atoms with Crippen LogP contribution in [0.3, 0.4) is 0 Å². The second kappa shape index (κ2) is 3.84. The first-order valence-electron chi connectivity index (χ1n) is 4.38. The zero-order valence-corrected chi connectivity index (χ0v) is 10.0. The van der Waals surface area contributed by atoms with Crippen LogP contribution in [0.5, 0.6) is 0 Å². The summed E-state index contributed by atoms with van der Waals surface area (Å²) >= 11 is 5.55. The summed E-state index contributed by atoms with van der Waals surface area (Å²) in [6, 6.07) is 1.77. The molecule has 0 amide bonds. The molecule has 0 bridgehead atoms. The number of nitrogens with zero attached hydrogens (tertiary/aromatic N) is 2. The van der Waals surface area contributed by atoms with Crippen molar-refractivity contribution < 1.29 is 21.6 Å². The molecular weight excluding hydrogens is 295 g/mol. The monoisotopic (exact) mass is 299 g/mol. The molecule has 0 atom stereocenters. The Labute approximate surface area is 104 Å². The molecule has 98 valence electrons. The van der Waals surface area contributed by atoms with Crippen molar-refractivity contribution in [2.75, 3.05) is 0 Å². The number of halogens is 4. The molecule has 2 rings (SSSR count). The molecule has 0 radical (unpaired) electrons. The molecule has 0 unspecified atom stereocenters. The maximum absolute atomic E-state index is 12.5. The number of rotatable bonds is 1. The fraction of sp³-hybridized carbons (Fsp3) is 0.125. The van der Waals surface area contributed by atoms with Crippen molar-refractivity contribution in [3.05, 3.63) is 29.0 Å². The summed E-state index contributed by atoms with van der Waals surface area (Å²) in [5, 5.41) is 3.72. The van der Waals surface area contributed by atoms with E-state index in [-0.39, 0.29) is 5.65 Å². The van der Waals surface area contributed by atoms with Crippen molar-refractivity contribution in [2.45, 2.75) is 11.2 Å². The van der Waals surface area contributed by atoms with Crippen LogP contribution in [0.4, 0.5) is 13.2 Å². The van der Waals surface area contributed by atoms with Gasteiger partial charge in [-0.2, -0.15) is 13.2 Å². The Morgan fingerprint density at radius 2 is 1.94 bits per heavy atom. The van der Waals surface area contributed by atoms with E-state index < -0.39 is 31.9 Å². The number of nitrogens with two attached hydrogens (primary N) is 1. The lowest BCUT2D eigenvalue weighted by Crippen LogP contribution is -2.16. The molecule has 2 aromatic rings. The number of pyridine rings is 1. The molecule has 0 saturated carbocycles. The number of sulfonamides is 1. The summed E-state index contributed by atoms with van der Waals surface area (Å²) in [6.07, 6.45) is -4.03. The number of alkyl halides is 3. The third-order valence-electron chi connectivity index (χ3n) is 2.13. The quantitative estimate of drug-likeness (QED) is 0.870. The average molecular weight is 300 g/mol. The minimum atomic E-state index is -4.61. The first-order chi connectivity index (χ1) is 8.10. The summed E-state index contributed by atoms with van der Waals surface area (Å²) in [5.74, 6) is 0. The standard InChI is InChI=1S/C8H5ClF3N3O2S/c9-6-7(18(13,16)17)15-3-4(8(10,11)12)1-2-5(15)14-6/h1-3H,(H2,13,16,17). The summed E-state index contributed by atoms with van der Waals surface area (Å²) in [5.41, 5.74) is -1.08. The summed E-state index contributed by atoms with van der Waals surface area (Å²) in [6.45, 7) is 0. The van der Waals surface area contributed by atoms with E-state index in [2.05, 4.69) is 4.98 Å². The third-order valence-corrected chi connectivity index (χ3v) is 3.44. The first-order valence-corrected chi connectivity index (χ1v) is 6.31. The van der Waals surface area contributed by atoms with Crippen molar-refractivity contribution in [1.82, 2.24) is 9.38 Å². The van der Waals surface area contributed by atoms with Crippen LogP contribution >= 0.6 is 11.6 Å². The number of primary sulfonamides is 1. The van der Waals surface area contributed by atoms with Crippen molar-refractivity contribution in [1.29, 1.82) is 0 Å². The molecule has 0 aromatic carbocycles. The number of hydrogen-bond acceptors (Lipinski definition) is 3. The summed E-state index contributed by atoms with van der Waals surface area (Å²) in [7, 11) is -4.28. The molecule has 5 nitrogen and oxygen atoms in total. The van der Waals surface area contributed by atoms with Gasteiger partial charge < -0.3 is 0 Å². The van der Waals surface area contributed by atoms with E-state index in [4.69, 9.17) is 16.7 Å². The van der Waals surface area contributed by atoms with Crippen LogP contribution in [-0.2, 0) is 16.2 Å². The fourth-order valence-electron chi connectivity index (χ4n) is 1.42. The van der Waals surface area contributed by atoms with Gasteiger partial charge in [0.2, 0.25) is 0 Å². The molecule has 0 fully saturated rings. The molecule has 2 N–H and O–H groups in total. The van der Waals surface area contributed by atoms with Crippen molar-refractivity contribution in [2.24, 2.45) is 5.14 Å². The van der Waals surface area contributed by atoms with Gasteiger partial charge in [0.25, 0.3) is 10.0 Å². The van der Waals surface area contributed by atoms with E-state index in [9.17, 15) is 21.6 Å². The summed E-state index contributed by atoms with van der Waals surface area (Å²) in [4.78, 5) is 3.60. The van der Waals surface area contributed by atoms with Gasteiger partial charge in [0.1, 0.15) is 5.65 Å². The zero-order chi connectivity index (χ0) is 13.7. The number of imidazole rings is 1. The van der Waals surface area contributed by atoms with E-state index in [0.717, 1.165) is 12.1 Å². The normalized spacial score (nSPS) is 13.2. The Balaban J connectivity index is 2.84. The van der Waals surface area contributed by atoms with Crippen LogP contribution in [0.15, 0.2) is 23.4 Å². The lowest BCUT2D eigenvalue weighted by molar-refractivity contribution is -0.137. The molecule has 0 aliphatic rings. The Hall–Kier alpha value is -1.32. The maximum Gasteiger partial charge on any atom is 0.417 e. The molecule has 2 aromatic heterocycles. The van der Waals surface area contributed by atoms with Crippen molar-refractivity contribution in [3.63, 3.8) is 0 Å². The molecule has 0 spiro atoms. The van der Waals surface area contributed by atoms with Gasteiger partial charge in [0.15, 0.2) is 10.2 Å². The van der Waals surface area contributed by atoms with Gasteiger partial charge in [-0.3, -0.25) is 4.40 Å². The SMILES string of the molecule is NS(=O)(=O)c1c(Cl)nc2ccc(C(F)(F)F)cn12. The minimum absolute atomic E-state index is 0.0444. The average Bonchev–Trinajstić information content (AvgIpc) is 2.49. The highest BCUT2D eigenvalue weighted by Gasteiger charge is 2.32. The predicted octanol–water partition coefficient (Wildman–Crippen LogP) is 1.65. The van der Waals surface area contributed by atoms with Crippen LogP contribution in [0.25, 0.3) is 5.65 Å². The van der Waals surface area contributed by atoms with Crippen LogP contribution < -0.4 is 5.14 Å². The van der Waals surface area contributed by atoms with Gasteiger partial charge >= 0.3 is 6.18 Å². The molecule has 2 heterocycles. The minimum Gasteiger partial charge on any atom is -0.287 e. The lowest BCUT2D eigenvalue weighted by atomic mass is 10.3. The van der Waals surface area contributed by atoms with Crippen LogP contribution in [0, 0.1) is 0 Å². The van der Waals surface area contributed by atoms with E-state index in [1.54, 1.807) is 0 Å². The molecule has 0 aliphatic carbocycles. The Bertz CT molecular complexity index is 723. The maximum atomic E-state index is 12.5. The number of aromatic nitrogens is 2. The highest BCUT2D eigenvalue weighted by molar-refractivity contribution is 7.89. The van der Waals surface area contributed by atoms with E-state index >= 15 is 0 Å². The van der Waals surface area contributed by atoms with E-state index in [1.165, 1.54) is 0 Å². The Kier molecular flexibility index (Phi) is 2.80. The Morgan fingerprint density at radius 1 is 1.33 bits per heavy atom. The van der Waals surface area contributed by atoms with Gasteiger partial charge in [-0.15, -0.1) is 0 Å². The van der Waals surface area contributed by atoms with E-state index in [0.29, 0.717) is 10.6 Å². The number of fused-ring (bicyclic) bond motifs is 1. The largest absolute Gasteiger partial charge is 0.417 e.